The van der Waals surface area contributed by atoms with Crippen LogP contribution in [0.15, 0.2) is 28.6 Å². The lowest BCUT2D eigenvalue weighted by atomic mass is 10.1. The van der Waals surface area contributed by atoms with E-state index in [2.05, 4.69) is 24.0 Å². The lowest BCUT2D eigenvalue weighted by Crippen LogP contribution is -2.12. The van der Waals surface area contributed by atoms with Crippen LogP contribution in [0.5, 0.6) is 0 Å². The van der Waals surface area contributed by atoms with Crippen LogP contribution in [0.2, 0.25) is 0 Å². The van der Waals surface area contributed by atoms with Gasteiger partial charge in [-0.15, -0.1) is 23.1 Å². The second-order valence-corrected chi connectivity index (χ2v) is 8.66. The first kappa shape index (κ1) is 20.1. The Labute approximate surface area is 159 Å². The van der Waals surface area contributed by atoms with Gasteiger partial charge in [-0.3, -0.25) is 4.79 Å². The van der Waals surface area contributed by atoms with Crippen LogP contribution < -0.4 is 0 Å². The Morgan fingerprint density at radius 1 is 1.20 bits per heavy atom. The summed E-state index contributed by atoms with van der Waals surface area (Å²) in [6, 6.07) is 5.83. The van der Waals surface area contributed by atoms with Crippen LogP contribution in [0.4, 0.5) is 0 Å². The van der Waals surface area contributed by atoms with Gasteiger partial charge in [-0.2, -0.15) is 0 Å². The Morgan fingerprint density at radius 2 is 1.96 bits per heavy atom. The number of carbonyl (C=O) groups excluding carboxylic acids is 1. The fourth-order valence-corrected chi connectivity index (χ4v) is 4.58. The third-order valence-corrected chi connectivity index (χ3v) is 5.95. The van der Waals surface area contributed by atoms with Crippen molar-refractivity contribution in [3.63, 3.8) is 0 Å². The van der Waals surface area contributed by atoms with Crippen molar-refractivity contribution in [2.75, 3.05) is 26.4 Å². The van der Waals surface area contributed by atoms with Crippen molar-refractivity contribution in [3.05, 3.63) is 45.3 Å². The number of carbonyl (C=O) groups is 1. The first-order chi connectivity index (χ1) is 12.0. The van der Waals surface area contributed by atoms with Gasteiger partial charge >= 0.3 is 0 Å². The van der Waals surface area contributed by atoms with Crippen LogP contribution in [-0.4, -0.2) is 42.1 Å². The summed E-state index contributed by atoms with van der Waals surface area (Å²) in [5.41, 5.74) is 2.79. The van der Waals surface area contributed by atoms with E-state index < -0.39 is 0 Å². The number of unbranched alkanes of at least 4 members (excludes halogenated alkanes) is 3. The molecule has 0 saturated carbocycles. The molecule has 0 aromatic carbocycles. The Morgan fingerprint density at radius 3 is 2.64 bits per heavy atom. The quantitative estimate of drug-likeness (QED) is 0.324. The number of aryl methyl sites for hydroxylation is 2. The third-order valence-electron chi connectivity index (χ3n) is 4.02. The first-order valence-electron chi connectivity index (χ1n) is 8.83. The van der Waals surface area contributed by atoms with Gasteiger partial charge in [-0.25, -0.2) is 4.98 Å². The van der Waals surface area contributed by atoms with Crippen LogP contribution in [0.3, 0.4) is 0 Å². The van der Waals surface area contributed by atoms with E-state index in [4.69, 9.17) is 0 Å². The van der Waals surface area contributed by atoms with Crippen LogP contribution in [0.25, 0.3) is 0 Å². The van der Waals surface area contributed by atoms with Crippen LogP contribution in [0.1, 0.15) is 52.2 Å². The minimum absolute atomic E-state index is 0.105. The highest BCUT2D eigenvalue weighted by molar-refractivity contribution is 7.99. The summed E-state index contributed by atoms with van der Waals surface area (Å²) >= 11 is 3.22. The normalized spacial score (nSPS) is 11.2. The van der Waals surface area contributed by atoms with E-state index in [-0.39, 0.29) is 5.78 Å². The van der Waals surface area contributed by atoms with Crippen molar-refractivity contribution in [2.45, 2.75) is 44.6 Å². The maximum atomic E-state index is 12.9. The fraction of sp³-hybridized carbons (Fsp3) is 0.500. The van der Waals surface area contributed by atoms with Gasteiger partial charge in [0.25, 0.3) is 0 Å². The molecule has 0 spiro atoms. The van der Waals surface area contributed by atoms with Gasteiger partial charge in [0.05, 0.1) is 10.4 Å². The molecule has 0 radical (unpaired) electrons. The van der Waals surface area contributed by atoms with Crippen molar-refractivity contribution >= 4 is 28.9 Å². The first-order valence-corrected chi connectivity index (χ1v) is 10.7. The van der Waals surface area contributed by atoms with Gasteiger partial charge in [0.1, 0.15) is 5.03 Å². The van der Waals surface area contributed by atoms with E-state index in [0.29, 0.717) is 0 Å². The molecule has 0 aliphatic rings. The largest absolute Gasteiger partial charge is 0.309 e. The molecule has 2 aromatic rings. The molecule has 2 rings (SSSR count). The van der Waals surface area contributed by atoms with Crippen LogP contribution >= 0.6 is 23.1 Å². The standard InChI is InChI=1S/C20H28N2OS2/c1-15-14-16(2)21-20(18(15)19(23)17-10-9-13-24-17)25-12-8-6-5-7-11-22(3)4/h9-10,13-14H,5-8,11-12H2,1-4H3. The Bertz CT molecular complexity index is 681. The van der Waals surface area contributed by atoms with Gasteiger partial charge < -0.3 is 4.90 Å². The van der Waals surface area contributed by atoms with E-state index in [1.54, 1.807) is 11.8 Å². The molecule has 0 amide bonds. The van der Waals surface area contributed by atoms with Crippen LogP contribution in [0, 0.1) is 13.8 Å². The van der Waals surface area contributed by atoms with Gasteiger partial charge in [0.15, 0.2) is 0 Å². The summed E-state index contributed by atoms with van der Waals surface area (Å²) < 4.78 is 0. The van der Waals surface area contributed by atoms with Crippen molar-refractivity contribution in [3.8, 4) is 0 Å². The Balaban J connectivity index is 1.96. The average Bonchev–Trinajstić information content (AvgIpc) is 3.07. The SMILES string of the molecule is Cc1cc(C)c(C(=O)c2cccs2)c(SCCCCCCN(C)C)n1. The lowest BCUT2D eigenvalue weighted by Gasteiger charge is -2.12. The van der Waals surface area contributed by atoms with Crippen molar-refractivity contribution in [1.29, 1.82) is 0 Å². The molecule has 0 bridgehead atoms. The second-order valence-electron chi connectivity index (χ2n) is 6.63. The molecule has 0 unspecified atom stereocenters. The van der Waals surface area contributed by atoms with Gasteiger partial charge in [-0.1, -0.05) is 18.9 Å². The number of thioether (sulfide) groups is 1. The van der Waals surface area contributed by atoms with Gasteiger partial charge in [-0.05, 0) is 76.2 Å². The number of hydrogen-bond acceptors (Lipinski definition) is 5. The second kappa shape index (κ2) is 10.1. The number of hydrogen-bond donors (Lipinski definition) is 0. The summed E-state index contributed by atoms with van der Waals surface area (Å²) in [5, 5.41) is 2.84. The summed E-state index contributed by atoms with van der Waals surface area (Å²) in [5.74, 6) is 1.12. The summed E-state index contributed by atoms with van der Waals surface area (Å²) in [7, 11) is 4.24. The van der Waals surface area contributed by atoms with E-state index in [1.165, 1.54) is 37.0 Å². The maximum Gasteiger partial charge on any atom is 0.205 e. The lowest BCUT2D eigenvalue weighted by molar-refractivity contribution is 0.103. The highest BCUT2D eigenvalue weighted by Gasteiger charge is 2.19. The monoisotopic (exact) mass is 376 g/mol. The highest BCUT2D eigenvalue weighted by atomic mass is 32.2. The average molecular weight is 377 g/mol. The number of aromatic nitrogens is 1. The summed E-state index contributed by atoms with van der Waals surface area (Å²) in [4.78, 5) is 20.5. The Hall–Kier alpha value is -1.17. The molecular formula is C20H28N2OS2. The van der Waals surface area contributed by atoms with Crippen molar-refractivity contribution < 1.29 is 4.79 Å². The number of ketones is 1. The molecule has 2 aromatic heterocycles. The Kier molecular flexibility index (Phi) is 8.13. The number of nitrogens with zero attached hydrogens (tertiary/aromatic N) is 2. The zero-order chi connectivity index (χ0) is 18.2. The van der Waals surface area contributed by atoms with Crippen molar-refractivity contribution in [2.24, 2.45) is 0 Å². The topological polar surface area (TPSA) is 33.2 Å². The third kappa shape index (κ3) is 6.24. The van der Waals surface area contributed by atoms with E-state index in [0.717, 1.165) is 39.0 Å². The van der Waals surface area contributed by atoms with E-state index >= 15 is 0 Å². The molecule has 5 heteroatoms. The fourth-order valence-electron chi connectivity index (χ4n) is 2.77. The number of thiophene rings is 1. The molecule has 0 fully saturated rings. The van der Waals surface area contributed by atoms with Gasteiger partial charge in [0, 0.05) is 5.69 Å². The molecule has 25 heavy (non-hydrogen) atoms. The number of pyridine rings is 1. The predicted molar refractivity (Wildman–Crippen MR) is 109 cm³/mol. The van der Waals surface area contributed by atoms with E-state index in [9.17, 15) is 4.79 Å². The van der Waals surface area contributed by atoms with Gasteiger partial charge in [0.2, 0.25) is 5.78 Å². The molecule has 2 heterocycles. The highest BCUT2D eigenvalue weighted by Crippen LogP contribution is 2.28. The molecule has 0 aliphatic heterocycles. The smallest absolute Gasteiger partial charge is 0.205 e. The molecule has 0 N–H and O–H groups in total. The minimum atomic E-state index is 0.105. The molecule has 0 saturated heterocycles. The molecule has 136 valence electrons. The molecule has 3 nitrogen and oxygen atoms in total. The molecule has 0 atom stereocenters. The maximum absolute atomic E-state index is 12.9. The van der Waals surface area contributed by atoms with E-state index in [1.807, 2.05) is 37.4 Å². The predicted octanol–water partition coefficient (Wildman–Crippen LogP) is 5.21. The summed E-state index contributed by atoms with van der Waals surface area (Å²) in [6.45, 7) is 5.17. The van der Waals surface area contributed by atoms with Crippen molar-refractivity contribution in [1.82, 2.24) is 9.88 Å². The number of rotatable bonds is 10. The molecular weight excluding hydrogens is 348 g/mol. The minimum Gasteiger partial charge on any atom is -0.309 e. The van der Waals surface area contributed by atoms with Crippen LogP contribution in [-0.2, 0) is 0 Å². The zero-order valence-electron chi connectivity index (χ0n) is 15.7. The molecule has 0 aliphatic carbocycles. The summed E-state index contributed by atoms with van der Waals surface area (Å²) in [6.07, 6.45) is 4.92. The zero-order valence-corrected chi connectivity index (χ0v) is 17.3.